The summed E-state index contributed by atoms with van der Waals surface area (Å²) in [6.45, 7) is 5.63. The Labute approximate surface area is 215 Å². The molecule has 1 aliphatic rings. The molecule has 196 valence electrons. The van der Waals surface area contributed by atoms with Crippen molar-refractivity contribution in [3.63, 3.8) is 0 Å². The summed E-state index contributed by atoms with van der Waals surface area (Å²) in [6.07, 6.45) is 3.11. The zero-order valence-electron chi connectivity index (χ0n) is 20.7. The van der Waals surface area contributed by atoms with E-state index in [1.807, 2.05) is 35.2 Å². The second-order valence-electron chi connectivity index (χ2n) is 8.70. The molecule has 0 saturated carbocycles. The molecule has 11 nitrogen and oxygen atoms in total. The van der Waals surface area contributed by atoms with Crippen molar-refractivity contribution in [1.29, 1.82) is 0 Å². The summed E-state index contributed by atoms with van der Waals surface area (Å²) in [4.78, 5) is 55.7. The number of unbranched alkanes of at least 4 members (excludes halogenated alkanes) is 1. The quantitative estimate of drug-likeness (QED) is 0.193. The third-order valence-electron chi connectivity index (χ3n) is 6.07. The molecule has 37 heavy (non-hydrogen) atoms. The van der Waals surface area contributed by atoms with E-state index < -0.39 is 11.0 Å². The third kappa shape index (κ3) is 8.41. The van der Waals surface area contributed by atoms with Crippen molar-refractivity contribution >= 4 is 29.4 Å². The summed E-state index contributed by atoms with van der Waals surface area (Å²) >= 11 is 0. The second-order valence-corrected chi connectivity index (χ2v) is 8.70. The van der Waals surface area contributed by atoms with E-state index in [1.54, 1.807) is 17.0 Å². The smallest absolute Gasteiger partial charge is 0.358 e. The number of amides is 3. The first-order chi connectivity index (χ1) is 17.9. The zero-order chi connectivity index (χ0) is 26.6. The SMILES string of the molecule is C=CC(=O)NCCCCC(NC(=O)Cc1ccccc1)C(=O)N1CCN(c2cccc([N+](=O)[O-])n2)CC1. The lowest BCUT2D eigenvalue weighted by Crippen LogP contribution is -2.55. The van der Waals surface area contributed by atoms with Crippen LogP contribution in [0.3, 0.4) is 0 Å². The summed E-state index contributed by atoms with van der Waals surface area (Å²) in [5.74, 6) is -0.371. The van der Waals surface area contributed by atoms with E-state index in [0.717, 1.165) is 5.56 Å². The Hall–Kier alpha value is -4.28. The number of benzene rings is 1. The largest absolute Gasteiger partial charge is 0.365 e. The second kappa shape index (κ2) is 13.7. The van der Waals surface area contributed by atoms with Crippen LogP contribution in [0.25, 0.3) is 0 Å². The van der Waals surface area contributed by atoms with Crippen molar-refractivity contribution in [3.05, 3.63) is 76.9 Å². The molecule has 0 aliphatic carbocycles. The van der Waals surface area contributed by atoms with Crippen LogP contribution in [-0.4, -0.2) is 71.3 Å². The summed E-state index contributed by atoms with van der Waals surface area (Å²) in [5.41, 5.74) is 0.858. The first-order valence-corrected chi connectivity index (χ1v) is 12.3. The van der Waals surface area contributed by atoms with Gasteiger partial charge in [0.25, 0.3) is 0 Å². The maximum Gasteiger partial charge on any atom is 0.365 e. The number of anilines is 1. The molecule has 1 aliphatic heterocycles. The van der Waals surface area contributed by atoms with Crippen LogP contribution in [0.15, 0.2) is 61.2 Å². The van der Waals surface area contributed by atoms with Gasteiger partial charge in [-0.2, -0.15) is 0 Å². The van der Waals surface area contributed by atoms with E-state index in [-0.39, 0.29) is 30.0 Å². The van der Waals surface area contributed by atoms with Gasteiger partial charge in [-0.1, -0.05) is 36.9 Å². The number of aromatic nitrogens is 1. The number of hydrogen-bond acceptors (Lipinski definition) is 7. The minimum absolute atomic E-state index is 0.164. The summed E-state index contributed by atoms with van der Waals surface area (Å²) in [7, 11) is 0. The van der Waals surface area contributed by atoms with Gasteiger partial charge in [0.15, 0.2) is 0 Å². The van der Waals surface area contributed by atoms with Gasteiger partial charge >= 0.3 is 5.82 Å². The Kier molecular flexibility index (Phi) is 10.1. The van der Waals surface area contributed by atoms with Crippen LogP contribution in [0.4, 0.5) is 11.6 Å². The van der Waals surface area contributed by atoms with Crippen molar-refractivity contribution in [2.45, 2.75) is 31.7 Å². The van der Waals surface area contributed by atoms with E-state index >= 15 is 0 Å². The van der Waals surface area contributed by atoms with Gasteiger partial charge in [-0.05, 0) is 46.9 Å². The average Bonchev–Trinajstić information content (AvgIpc) is 2.92. The molecule has 2 aromatic rings. The highest BCUT2D eigenvalue weighted by Crippen LogP contribution is 2.18. The highest BCUT2D eigenvalue weighted by atomic mass is 16.6. The number of nitrogens with zero attached hydrogens (tertiary/aromatic N) is 4. The van der Waals surface area contributed by atoms with E-state index in [0.29, 0.717) is 57.8 Å². The van der Waals surface area contributed by atoms with Crippen LogP contribution >= 0.6 is 0 Å². The number of rotatable bonds is 12. The Morgan fingerprint density at radius 2 is 1.78 bits per heavy atom. The van der Waals surface area contributed by atoms with E-state index in [4.69, 9.17) is 0 Å². The van der Waals surface area contributed by atoms with Crippen LogP contribution in [0.2, 0.25) is 0 Å². The number of carbonyl (C=O) groups is 3. The number of pyridine rings is 1. The molecule has 1 atom stereocenters. The zero-order valence-corrected chi connectivity index (χ0v) is 20.7. The molecule has 1 aromatic carbocycles. The fourth-order valence-corrected chi connectivity index (χ4v) is 4.11. The third-order valence-corrected chi connectivity index (χ3v) is 6.07. The molecule has 3 amide bonds. The summed E-state index contributed by atoms with van der Waals surface area (Å²) in [6, 6.07) is 13.3. The van der Waals surface area contributed by atoms with Gasteiger partial charge < -0.3 is 30.5 Å². The maximum atomic E-state index is 13.4. The van der Waals surface area contributed by atoms with Gasteiger partial charge in [0, 0.05) is 44.9 Å². The molecule has 0 spiro atoms. The molecule has 2 N–H and O–H groups in total. The fraction of sp³-hybridized carbons (Fsp3) is 0.385. The maximum absolute atomic E-state index is 13.4. The summed E-state index contributed by atoms with van der Waals surface area (Å²) in [5, 5.41) is 16.7. The molecule has 1 fully saturated rings. The van der Waals surface area contributed by atoms with Crippen LogP contribution < -0.4 is 15.5 Å². The Bertz CT molecular complexity index is 1100. The topological polar surface area (TPSA) is 138 Å². The fourth-order valence-electron chi connectivity index (χ4n) is 4.11. The van der Waals surface area contributed by atoms with Gasteiger partial charge in [-0.25, -0.2) is 0 Å². The molecule has 2 heterocycles. The molecular formula is C26H32N6O5. The van der Waals surface area contributed by atoms with Crippen molar-refractivity contribution in [3.8, 4) is 0 Å². The summed E-state index contributed by atoms with van der Waals surface area (Å²) < 4.78 is 0. The van der Waals surface area contributed by atoms with Gasteiger partial charge in [0.1, 0.15) is 6.04 Å². The number of hydrogen-bond donors (Lipinski definition) is 2. The van der Waals surface area contributed by atoms with Crippen molar-refractivity contribution in [1.82, 2.24) is 20.5 Å². The predicted molar refractivity (Wildman–Crippen MR) is 139 cm³/mol. The number of carbonyl (C=O) groups excluding carboxylic acids is 3. The lowest BCUT2D eigenvalue weighted by atomic mass is 10.1. The Morgan fingerprint density at radius 1 is 1.05 bits per heavy atom. The van der Waals surface area contributed by atoms with Crippen molar-refractivity contribution in [2.24, 2.45) is 0 Å². The van der Waals surface area contributed by atoms with Gasteiger partial charge in [-0.15, -0.1) is 0 Å². The minimum atomic E-state index is -0.686. The molecule has 0 radical (unpaired) electrons. The highest BCUT2D eigenvalue weighted by molar-refractivity contribution is 5.88. The molecule has 0 bridgehead atoms. The van der Waals surface area contributed by atoms with Gasteiger partial charge in [0.2, 0.25) is 23.5 Å². The molecule has 3 rings (SSSR count). The Morgan fingerprint density at radius 3 is 2.46 bits per heavy atom. The van der Waals surface area contributed by atoms with E-state index in [2.05, 4.69) is 22.2 Å². The van der Waals surface area contributed by atoms with Crippen LogP contribution in [0.1, 0.15) is 24.8 Å². The highest BCUT2D eigenvalue weighted by Gasteiger charge is 2.30. The lowest BCUT2D eigenvalue weighted by Gasteiger charge is -2.36. The first kappa shape index (κ1) is 27.3. The number of nitrogens with one attached hydrogen (secondary N) is 2. The first-order valence-electron chi connectivity index (χ1n) is 12.3. The van der Waals surface area contributed by atoms with Crippen LogP contribution in [-0.2, 0) is 20.8 Å². The van der Waals surface area contributed by atoms with E-state index in [9.17, 15) is 24.5 Å². The minimum Gasteiger partial charge on any atom is -0.358 e. The monoisotopic (exact) mass is 508 g/mol. The van der Waals surface area contributed by atoms with Gasteiger partial charge in [-0.3, -0.25) is 14.4 Å². The lowest BCUT2D eigenvalue weighted by molar-refractivity contribution is -0.389. The average molecular weight is 509 g/mol. The molecule has 11 heteroatoms. The van der Waals surface area contributed by atoms with Crippen molar-refractivity contribution in [2.75, 3.05) is 37.6 Å². The number of nitro groups is 1. The predicted octanol–water partition coefficient (Wildman–Crippen LogP) is 1.84. The van der Waals surface area contributed by atoms with E-state index in [1.165, 1.54) is 12.1 Å². The van der Waals surface area contributed by atoms with Crippen molar-refractivity contribution < 1.29 is 19.3 Å². The van der Waals surface area contributed by atoms with Gasteiger partial charge in [0.05, 0.1) is 6.42 Å². The standard InChI is InChI=1S/C26H32N6O5/c1-2-24(33)27-14-7-6-11-21(28-25(34)19-20-9-4-3-5-10-20)26(35)31-17-15-30(16-18-31)22-12-8-13-23(29-22)32(36)37/h2-5,8-10,12-13,21H,1,6-7,11,14-19H2,(H,27,33)(H,28,34). The number of piperazine rings is 1. The molecule has 1 aromatic heterocycles. The van der Waals surface area contributed by atoms with Crippen LogP contribution in [0, 0.1) is 10.1 Å². The normalized spacial score (nSPS) is 13.9. The molecule has 1 saturated heterocycles. The Balaban J connectivity index is 1.59. The van der Waals surface area contributed by atoms with Crippen LogP contribution in [0.5, 0.6) is 0 Å². The molecular weight excluding hydrogens is 476 g/mol. The molecule has 1 unspecified atom stereocenters.